The Labute approximate surface area is 144 Å². The van der Waals surface area contributed by atoms with E-state index in [4.69, 9.17) is 17.3 Å². The Morgan fingerprint density at radius 2 is 1.96 bits per heavy atom. The molecule has 0 radical (unpaired) electrons. The Morgan fingerprint density at radius 1 is 1.25 bits per heavy atom. The molecule has 2 aromatic rings. The molecule has 1 aromatic heterocycles. The van der Waals surface area contributed by atoms with E-state index in [0.717, 1.165) is 42.7 Å². The van der Waals surface area contributed by atoms with Gasteiger partial charge in [0.2, 0.25) is 0 Å². The fraction of sp³-hybridized carbons (Fsp3) is 0.389. The molecule has 2 N–H and O–H groups in total. The maximum Gasteiger partial charge on any atom is 0.417 e. The summed E-state index contributed by atoms with van der Waals surface area (Å²) in [6.07, 6.45) is -0.841. The van der Waals surface area contributed by atoms with Crippen molar-refractivity contribution in [3.8, 4) is 11.3 Å². The van der Waals surface area contributed by atoms with E-state index in [1.807, 2.05) is 6.07 Å². The van der Waals surface area contributed by atoms with E-state index in [2.05, 4.69) is 18.8 Å². The molecule has 1 heterocycles. The molecule has 130 valence electrons. The number of hydrogen-bond donors (Lipinski definition) is 1. The van der Waals surface area contributed by atoms with Crippen LogP contribution in [0.2, 0.25) is 5.02 Å². The van der Waals surface area contributed by atoms with Gasteiger partial charge in [-0.1, -0.05) is 37.9 Å². The smallest absolute Gasteiger partial charge is 0.397 e. The highest BCUT2D eigenvalue weighted by Gasteiger charge is 2.31. The van der Waals surface area contributed by atoms with Gasteiger partial charge >= 0.3 is 6.18 Å². The van der Waals surface area contributed by atoms with Crippen molar-refractivity contribution in [3.05, 3.63) is 46.6 Å². The lowest BCUT2D eigenvalue weighted by atomic mass is 9.94. The van der Waals surface area contributed by atoms with Gasteiger partial charge in [0.1, 0.15) is 0 Å². The molecule has 2 rings (SSSR count). The van der Waals surface area contributed by atoms with Gasteiger partial charge in [0.05, 0.1) is 16.9 Å². The molecule has 0 spiro atoms. The van der Waals surface area contributed by atoms with Gasteiger partial charge in [-0.25, -0.2) is 0 Å². The summed E-state index contributed by atoms with van der Waals surface area (Å²) < 4.78 is 38.3. The van der Waals surface area contributed by atoms with Gasteiger partial charge in [0.25, 0.3) is 0 Å². The van der Waals surface area contributed by atoms with Crippen LogP contribution in [0.25, 0.3) is 11.3 Å². The number of aryl methyl sites for hydroxylation is 1. The highest BCUT2D eigenvalue weighted by atomic mass is 35.5. The summed E-state index contributed by atoms with van der Waals surface area (Å²) in [7, 11) is 0. The van der Waals surface area contributed by atoms with Crippen LogP contribution in [0.3, 0.4) is 0 Å². The summed E-state index contributed by atoms with van der Waals surface area (Å²) in [6.45, 7) is 4.29. The molecule has 0 saturated carbocycles. The summed E-state index contributed by atoms with van der Waals surface area (Å²) >= 11 is 6.08. The van der Waals surface area contributed by atoms with E-state index in [1.54, 1.807) is 12.1 Å². The fourth-order valence-electron chi connectivity index (χ4n) is 2.47. The van der Waals surface area contributed by atoms with Crippen LogP contribution in [0, 0.1) is 5.92 Å². The van der Waals surface area contributed by atoms with E-state index < -0.39 is 11.7 Å². The van der Waals surface area contributed by atoms with Crippen molar-refractivity contribution >= 4 is 17.3 Å². The van der Waals surface area contributed by atoms with Crippen LogP contribution in [0.1, 0.15) is 37.8 Å². The fourth-order valence-corrected chi connectivity index (χ4v) is 2.66. The van der Waals surface area contributed by atoms with E-state index in [-0.39, 0.29) is 5.69 Å². The first-order valence-corrected chi connectivity index (χ1v) is 8.21. The van der Waals surface area contributed by atoms with E-state index in [9.17, 15) is 13.2 Å². The lowest BCUT2D eigenvalue weighted by Crippen LogP contribution is -2.08. The number of nitrogen functional groups attached to an aromatic ring is 1. The van der Waals surface area contributed by atoms with Gasteiger partial charge in [-0.15, -0.1) is 0 Å². The molecule has 24 heavy (non-hydrogen) atoms. The third-order valence-corrected chi connectivity index (χ3v) is 4.41. The van der Waals surface area contributed by atoms with Crippen molar-refractivity contribution < 1.29 is 13.2 Å². The van der Waals surface area contributed by atoms with Crippen molar-refractivity contribution in [1.82, 2.24) is 4.98 Å². The zero-order valence-corrected chi connectivity index (χ0v) is 14.4. The number of hydrogen-bond acceptors (Lipinski definition) is 2. The van der Waals surface area contributed by atoms with Crippen LogP contribution in [0.5, 0.6) is 0 Å². The maximum atomic E-state index is 12.8. The lowest BCUT2D eigenvalue weighted by molar-refractivity contribution is -0.137. The molecule has 0 amide bonds. The first kappa shape index (κ1) is 18.6. The van der Waals surface area contributed by atoms with Gasteiger partial charge in [0, 0.05) is 16.8 Å². The average Bonchev–Trinajstić information content (AvgIpc) is 2.52. The molecule has 0 fully saturated rings. The monoisotopic (exact) mass is 356 g/mol. The van der Waals surface area contributed by atoms with Crippen LogP contribution >= 0.6 is 11.6 Å². The van der Waals surface area contributed by atoms with Gasteiger partial charge in [0.15, 0.2) is 0 Å². The average molecular weight is 357 g/mol. The lowest BCUT2D eigenvalue weighted by Gasteiger charge is -2.15. The van der Waals surface area contributed by atoms with Gasteiger partial charge in [-0.3, -0.25) is 4.98 Å². The zero-order chi connectivity index (χ0) is 17.9. The molecule has 2 nitrogen and oxygen atoms in total. The van der Waals surface area contributed by atoms with Gasteiger partial charge in [-0.05, 0) is 42.5 Å². The molecular weight excluding hydrogens is 337 g/mol. The Hall–Kier alpha value is -1.75. The first-order chi connectivity index (χ1) is 11.2. The number of anilines is 1. The zero-order valence-electron chi connectivity index (χ0n) is 13.6. The topological polar surface area (TPSA) is 38.9 Å². The Bertz CT molecular complexity index is 714. The standard InChI is InChI=1S/C18H20ClF3N2/c1-3-11(2)4-5-12-8-14(19)6-7-15(12)17-16(23)9-13(10-24-17)18(20,21)22/h6-11H,3-5,23H2,1-2H3. The molecule has 1 atom stereocenters. The summed E-state index contributed by atoms with van der Waals surface area (Å²) in [5.41, 5.74) is 7.04. The number of nitrogens with zero attached hydrogens (tertiary/aromatic N) is 1. The Morgan fingerprint density at radius 3 is 2.54 bits per heavy atom. The summed E-state index contributed by atoms with van der Waals surface area (Å²) in [5.74, 6) is 0.551. The van der Waals surface area contributed by atoms with Crippen molar-refractivity contribution in [2.75, 3.05) is 5.73 Å². The van der Waals surface area contributed by atoms with Crippen LogP contribution in [-0.4, -0.2) is 4.98 Å². The number of pyridine rings is 1. The molecule has 0 aliphatic heterocycles. The van der Waals surface area contributed by atoms with Crippen molar-refractivity contribution in [2.45, 2.75) is 39.3 Å². The summed E-state index contributed by atoms with van der Waals surface area (Å²) in [6, 6.07) is 6.22. The molecule has 0 bridgehead atoms. The minimum atomic E-state index is -4.46. The van der Waals surface area contributed by atoms with E-state index >= 15 is 0 Å². The molecule has 0 aliphatic carbocycles. The van der Waals surface area contributed by atoms with Crippen LogP contribution in [0.15, 0.2) is 30.5 Å². The molecular formula is C18H20ClF3N2. The molecule has 0 aliphatic rings. The van der Waals surface area contributed by atoms with Crippen molar-refractivity contribution in [1.29, 1.82) is 0 Å². The SMILES string of the molecule is CCC(C)CCc1cc(Cl)ccc1-c1ncc(C(F)(F)F)cc1N. The van der Waals surface area contributed by atoms with Gasteiger partial charge in [-0.2, -0.15) is 13.2 Å². The second kappa shape index (κ2) is 7.43. The Kier molecular flexibility index (Phi) is 5.75. The number of aromatic nitrogens is 1. The highest BCUT2D eigenvalue weighted by molar-refractivity contribution is 6.30. The molecule has 1 unspecified atom stereocenters. The maximum absolute atomic E-state index is 12.8. The number of nitrogens with two attached hydrogens (primary N) is 1. The summed E-state index contributed by atoms with van der Waals surface area (Å²) in [4.78, 5) is 3.96. The number of rotatable bonds is 5. The predicted molar refractivity (Wildman–Crippen MR) is 91.9 cm³/mol. The van der Waals surface area contributed by atoms with Crippen molar-refractivity contribution in [3.63, 3.8) is 0 Å². The molecule has 0 saturated heterocycles. The number of benzene rings is 1. The van der Waals surface area contributed by atoms with Gasteiger partial charge < -0.3 is 5.73 Å². The van der Waals surface area contributed by atoms with E-state index in [1.165, 1.54) is 0 Å². The number of halogens is 4. The van der Waals surface area contributed by atoms with Crippen LogP contribution < -0.4 is 5.73 Å². The first-order valence-electron chi connectivity index (χ1n) is 7.83. The minimum absolute atomic E-state index is 0.0111. The van der Waals surface area contributed by atoms with Crippen LogP contribution in [0.4, 0.5) is 18.9 Å². The third kappa shape index (κ3) is 4.41. The Balaban J connectivity index is 2.41. The van der Waals surface area contributed by atoms with Crippen molar-refractivity contribution in [2.24, 2.45) is 5.92 Å². The third-order valence-electron chi connectivity index (χ3n) is 4.17. The molecule has 1 aromatic carbocycles. The second-order valence-corrected chi connectivity index (χ2v) is 6.45. The normalized spacial score (nSPS) is 13.1. The summed E-state index contributed by atoms with van der Waals surface area (Å²) in [5, 5.41) is 0.586. The van der Waals surface area contributed by atoms with Crippen LogP contribution in [-0.2, 0) is 12.6 Å². The predicted octanol–water partition coefficient (Wildman–Crippen LogP) is 5.98. The highest BCUT2D eigenvalue weighted by Crippen LogP contribution is 2.35. The number of alkyl halides is 3. The molecule has 6 heteroatoms. The quantitative estimate of drug-likeness (QED) is 0.715. The minimum Gasteiger partial charge on any atom is -0.397 e. The largest absolute Gasteiger partial charge is 0.417 e. The van der Waals surface area contributed by atoms with E-state index in [0.29, 0.717) is 16.6 Å². The second-order valence-electron chi connectivity index (χ2n) is 6.01.